The predicted molar refractivity (Wildman–Crippen MR) is 68.1 cm³/mol. The maximum absolute atomic E-state index is 11.8. The maximum atomic E-state index is 11.8. The van der Waals surface area contributed by atoms with E-state index < -0.39 is 5.54 Å². The molecule has 1 fully saturated rings. The molecule has 1 aliphatic heterocycles. The van der Waals surface area contributed by atoms with Gasteiger partial charge in [0.05, 0.1) is 16.9 Å². The number of hydrogen-bond acceptors (Lipinski definition) is 4. The second kappa shape index (κ2) is 4.07. The molecule has 0 bridgehead atoms. The highest BCUT2D eigenvalue weighted by atomic mass is 35.5. The third-order valence-electron chi connectivity index (χ3n) is 2.95. The van der Waals surface area contributed by atoms with E-state index in [9.17, 15) is 4.79 Å². The maximum Gasteiger partial charge on any atom is 0.245 e. The summed E-state index contributed by atoms with van der Waals surface area (Å²) in [6.45, 7) is 4.95. The Morgan fingerprint density at radius 2 is 2.29 bits per heavy atom. The molecule has 0 aliphatic carbocycles. The van der Waals surface area contributed by atoms with Gasteiger partial charge < -0.3 is 16.0 Å². The standard InChI is InChI=1S/C11H15ClN4O/c1-11(2)10(17)14-3-4-16(11)9-8(12)5-7(13)6-15-9/h5-6H,3-4,13H2,1-2H3,(H,14,17). The number of rotatable bonds is 1. The van der Waals surface area contributed by atoms with Crippen LogP contribution < -0.4 is 16.0 Å². The van der Waals surface area contributed by atoms with Crippen LogP contribution in [0, 0.1) is 0 Å². The smallest absolute Gasteiger partial charge is 0.245 e. The lowest BCUT2D eigenvalue weighted by atomic mass is 9.99. The lowest BCUT2D eigenvalue weighted by Crippen LogP contribution is -2.62. The van der Waals surface area contributed by atoms with Gasteiger partial charge in [0, 0.05) is 13.1 Å². The summed E-state index contributed by atoms with van der Waals surface area (Å²) < 4.78 is 0. The second-order valence-corrected chi connectivity index (χ2v) is 4.95. The van der Waals surface area contributed by atoms with Crippen LogP contribution in [0.5, 0.6) is 0 Å². The number of pyridine rings is 1. The van der Waals surface area contributed by atoms with E-state index in [1.165, 1.54) is 0 Å². The average Bonchev–Trinajstić information content (AvgIpc) is 2.23. The molecule has 1 aromatic heterocycles. The fourth-order valence-corrected chi connectivity index (χ4v) is 2.19. The Bertz CT molecular complexity index is 461. The number of aromatic nitrogens is 1. The van der Waals surface area contributed by atoms with Gasteiger partial charge in [-0.2, -0.15) is 0 Å². The number of carbonyl (C=O) groups excluding carboxylic acids is 1. The molecule has 1 aliphatic rings. The van der Waals surface area contributed by atoms with Crippen molar-refractivity contribution < 1.29 is 4.79 Å². The van der Waals surface area contributed by atoms with Crippen molar-refractivity contribution in [3.63, 3.8) is 0 Å². The Morgan fingerprint density at radius 1 is 1.59 bits per heavy atom. The van der Waals surface area contributed by atoms with Crippen molar-refractivity contribution in [3.05, 3.63) is 17.3 Å². The lowest BCUT2D eigenvalue weighted by molar-refractivity contribution is -0.126. The summed E-state index contributed by atoms with van der Waals surface area (Å²) in [6, 6.07) is 1.65. The first-order valence-electron chi connectivity index (χ1n) is 5.40. The quantitative estimate of drug-likeness (QED) is 0.785. The van der Waals surface area contributed by atoms with E-state index in [2.05, 4.69) is 10.3 Å². The van der Waals surface area contributed by atoms with Crippen molar-refractivity contribution in [1.29, 1.82) is 0 Å². The van der Waals surface area contributed by atoms with Crippen LogP contribution in [0.3, 0.4) is 0 Å². The molecule has 0 aromatic carbocycles. The highest BCUT2D eigenvalue weighted by Crippen LogP contribution is 2.31. The van der Waals surface area contributed by atoms with Gasteiger partial charge >= 0.3 is 0 Å². The van der Waals surface area contributed by atoms with E-state index in [0.29, 0.717) is 29.6 Å². The van der Waals surface area contributed by atoms with Crippen LogP contribution in [-0.2, 0) is 4.79 Å². The summed E-state index contributed by atoms with van der Waals surface area (Å²) in [7, 11) is 0. The first-order chi connectivity index (χ1) is 7.93. The normalized spacial score (nSPS) is 19.0. The van der Waals surface area contributed by atoms with Gasteiger partial charge in [0.25, 0.3) is 0 Å². The van der Waals surface area contributed by atoms with E-state index in [-0.39, 0.29) is 5.91 Å². The fourth-order valence-electron chi connectivity index (χ4n) is 1.91. The highest BCUT2D eigenvalue weighted by molar-refractivity contribution is 6.33. The fraction of sp³-hybridized carbons (Fsp3) is 0.455. The third kappa shape index (κ3) is 2.02. The van der Waals surface area contributed by atoms with E-state index in [1.54, 1.807) is 12.3 Å². The average molecular weight is 255 g/mol. The predicted octanol–water partition coefficient (Wildman–Crippen LogP) is 1.03. The number of nitrogens with one attached hydrogen (secondary N) is 1. The van der Waals surface area contributed by atoms with Crippen LogP contribution >= 0.6 is 11.6 Å². The summed E-state index contributed by atoms with van der Waals surface area (Å²) in [5.74, 6) is 0.569. The Labute approximate surface area is 105 Å². The van der Waals surface area contributed by atoms with Crippen molar-refractivity contribution in [2.45, 2.75) is 19.4 Å². The van der Waals surface area contributed by atoms with Gasteiger partial charge in [-0.1, -0.05) is 11.6 Å². The topological polar surface area (TPSA) is 71.2 Å². The molecule has 1 amide bonds. The molecular formula is C11H15ClN4O. The van der Waals surface area contributed by atoms with Gasteiger partial charge in [0.2, 0.25) is 5.91 Å². The Balaban J connectivity index is 2.41. The molecule has 1 saturated heterocycles. The number of halogens is 1. The Hall–Kier alpha value is -1.49. The summed E-state index contributed by atoms with van der Waals surface area (Å²) >= 11 is 6.12. The molecule has 0 saturated carbocycles. The molecule has 0 spiro atoms. The minimum Gasteiger partial charge on any atom is -0.397 e. The van der Waals surface area contributed by atoms with Crippen molar-refractivity contribution in [1.82, 2.24) is 10.3 Å². The number of amides is 1. The zero-order valence-corrected chi connectivity index (χ0v) is 10.6. The lowest BCUT2D eigenvalue weighted by Gasteiger charge is -2.42. The molecule has 92 valence electrons. The van der Waals surface area contributed by atoms with Crippen molar-refractivity contribution in [3.8, 4) is 0 Å². The molecule has 2 rings (SSSR count). The zero-order chi connectivity index (χ0) is 12.6. The van der Waals surface area contributed by atoms with Gasteiger partial charge in [0.15, 0.2) is 0 Å². The van der Waals surface area contributed by atoms with Crippen LogP contribution in [0.1, 0.15) is 13.8 Å². The summed E-state index contributed by atoms with van der Waals surface area (Å²) in [5.41, 5.74) is 5.46. The first kappa shape index (κ1) is 12.0. The van der Waals surface area contributed by atoms with Gasteiger partial charge in [-0.05, 0) is 19.9 Å². The molecule has 6 heteroatoms. The second-order valence-electron chi connectivity index (χ2n) is 4.54. The zero-order valence-electron chi connectivity index (χ0n) is 9.83. The summed E-state index contributed by atoms with van der Waals surface area (Å²) in [5, 5.41) is 3.29. The van der Waals surface area contributed by atoms with Crippen LogP contribution in [-0.4, -0.2) is 29.5 Å². The molecule has 17 heavy (non-hydrogen) atoms. The minimum atomic E-state index is -0.662. The van der Waals surface area contributed by atoms with E-state index in [4.69, 9.17) is 17.3 Å². The molecular weight excluding hydrogens is 240 g/mol. The van der Waals surface area contributed by atoms with Crippen LogP contribution in [0.2, 0.25) is 5.02 Å². The molecule has 0 unspecified atom stereocenters. The van der Waals surface area contributed by atoms with Crippen LogP contribution in [0.4, 0.5) is 11.5 Å². The SMILES string of the molecule is CC1(C)C(=O)NCCN1c1ncc(N)cc1Cl. The summed E-state index contributed by atoms with van der Waals surface area (Å²) in [4.78, 5) is 17.9. The number of nitrogens with two attached hydrogens (primary N) is 1. The van der Waals surface area contributed by atoms with Crippen molar-refractivity contribution in [2.75, 3.05) is 23.7 Å². The van der Waals surface area contributed by atoms with Crippen molar-refractivity contribution in [2.24, 2.45) is 0 Å². The highest BCUT2D eigenvalue weighted by Gasteiger charge is 2.39. The van der Waals surface area contributed by atoms with Gasteiger partial charge in [-0.3, -0.25) is 4.79 Å². The molecule has 2 heterocycles. The summed E-state index contributed by atoms with van der Waals surface area (Å²) in [6.07, 6.45) is 1.55. The largest absolute Gasteiger partial charge is 0.397 e. The number of piperazine rings is 1. The van der Waals surface area contributed by atoms with Gasteiger partial charge in [-0.25, -0.2) is 4.98 Å². The third-order valence-corrected chi connectivity index (χ3v) is 3.23. The first-order valence-corrected chi connectivity index (χ1v) is 5.77. The molecule has 0 atom stereocenters. The molecule has 5 nitrogen and oxygen atoms in total. The van der Waals surface area contributed by atoms with Gasteiger partial charge in [0.1, 0.15) is 11.4 Å². The number of nitrogens with zero attached hydrogens (tertiary/aromatic N) is 2. The van der Waals surface area contributed by atoms with E-state index >= 15 is 0 Å². The molecule has 1 aromatic rings. The Morgan fingerprint density at radius 3 is 2.94 bits per heavy atom. The number of carbonyl (C=O) groups is 1. The van der Waals surface area contributed by atoms with E-state index in [0.717, 1.165) is 0 Å². The van der Waals surface area contributed by atoms with Gasteiger partial charge in [-0.15, -0.1) is 0 Å². The molecule has 0 radical (unpaired) electrons. The number of nitrogen functional groups attached to an aromatic ring is 1. The van der Waals surface area contributed by atoms with E-state index in [1.807, 2.05) is 18.7 Å². The molecule has 3 N–H and O–H groups in total. The number of anilines is 2. The number of hydrogen-bond donors (Lipinski definition) is 2. The minimum absolute atomic E-state index is 0.0292. The van der Waals surface area contributed by atoms with Crippen molar-refractivity contribution >= 4 is 29.0 Å². The van der Waals surface area contributed by atoms with Crippen LogP contribution in [0.25, 0.3) is 0 Å². The van der Waals surface area contributed by atoms with Crippen LogP contribution in [0.15, 0.2) is 12.3 Å². The monoisotopic (exact) mass is 254 g/mol. The Kier molecular flexibility index (Phi) is 2.87.